The zero-order valence-electron chi connectivity index (χ0n) is 14.3. The van der Waals surface area contributed by atoms with Gasteiger partial charge in [0.2, 0.25) is 0 Å². The first-order valence-electron chi connectivity index (χ1n) is 8.48. The molecule has 1 aromatic rings. The van der Waals surface area contributed by atoms with Crippen LogP contribution < -0.4 is 10.2 Å². The van der Waals surface area contributed by atoms with Gasteiger partial charge in [-0.3, -0.25) is 0 Å². The van der Waals surface area contributed by atoms with Crippen molar-refractivity contribution >= 4 is 16.5 Å². The quantitative estimate of drug-likeness (QED) is 0.866. The number of rotatable bonds is 5. The van der Waals surface area contributed by atoms with Crippen LogP contribution in [0.25, 0.3) is 0 Å². The maximum absolute atomic E-state index is 5.01. The van der Waals surface area contributed by atoms with Crippen molar-refractivity contribution in [3.8, 4) is 0 Å². The van der Waals surface area contributed by atoms with Crippen LogP contribution in [0, 0.1) is 0 Å². The van der Waals surface area contributed by atoms with Crippen molar-refractivity contribution in [3.05, 3.63) is 10.6 Å². The highest BCUT2D eigenvalue weighted by Crippen LogP contribution is 2.33. The molecule has 2 heterocycles. The first kappa shape index (κ1) is 16.8. The second-order valence-corrected chi connectivity index (χ2v) is 7.95. The van der Waals surface area contributed by atoms with Gasteiger partial charge in [0.25, 0.3) is 0 Å². The smallest absolute Gasteiger partial charge is 0.186 e. The highest BCUT2D eigenvalue weighted by Gasteiger charge is 2.23. The van der Waals surface area contributed by atoms with E-state index in [1.54, 1.807) is 0 Å². The van der Waals surface area contributed by atoms with Crippen LogP contribution in [-0.2, 0) is 6.54 Å². The molecular formula is C17H31N3S. The van der Waals surface area contributed by atoms with Gasteiger partial charge in [0.15, 0.2) is 5.13 Å². The van der Waals surface area contributed by atoms with E-state index < -0.39 is 0 Å². The lowest BCUT2D eigenvalue weighted by Crippen LogP contribution is -2.32. The number of anilines is 1. The molecule has 0 spiro atoms. The molecule has 1 N–H and O–H groups in total. The minimum atomic E-state index is 0.501. The van der Waals surface area contributed by atoms with Crippen LogP contribution in [0.5, 0.6) is 0 Å². The van der Waals surface area contributed by atoms with E-state index in [0.29, 0.717) is 18.0 Å². The van der Waals surface area contributed by atoms with Gasteiger partial charge in [0, 0.05) is 30.1 Å². The third-order valence-electron chi connectivity index (χ3n) is 4.23. The van der Waals surface area contributed by atoms with E-state index in [4.69, 9.17) is 4.98 Å². The fourth-order valence-electron chi connectivity index (χ4n) is 2.91. The summed E-state index contributed by atoms with van der Waals surface area (Å²) < 4.78 is 0. The summed E-state index contributed by atoms with van der Waals surface area (Å²) in [6.45, 7) is 13.4. The van der Waals surface area contributed by atoms with E-state index in [1.807, 2.05) is 11.3 Å². The Bertz CT molecular complexity index is 439. The van der Waals surface area contributed by atoms with E-state index in [9.17, 15) is 0 Å². The normalized spacial score (nSPS) is 20.3. The monoisotopic (exact) mass is 309 g/mol. The summed E-state index contributed by atoms with van der Waals surface area (Å²) in [7, 11) is 0. The maximum Gasteiger partial charge on any atom is 0.186 e. The van der Waals surface area contributed by atoms with Crippen LogP contribution in [0.1, 0.15) is 76.8 Å². The molecule has 0 saturated carbocycles. The molecule has 1 unspecified atom stereocenters. The molecule has 21 heavy (non-hydrogen) atoms. The number of thiazole rings is 1. The summed E-state index contributed by atoms with van der Waals surface area (Å²) in [6.07, 6.45) is 5.34. The Morgan fingerprint density at radius 3 is 2.67 bits per heavy atom. The van der Waals surface area contributed by atoms with Crippen LogP contribution in [0.4, 0.5) is 5.13 Å². The molecule has 0 aliphatic carbocycles. The van der Waals surface area contributed by atoms with E-state index in [2.05, 4.69) is 44.8 Å². The van der Waals surface area contributed by atoms with Crippen molar-refractivity contribution in [2.24, 2.45) is 0 Å². The van der Waals surface area contributed by atoms with Crippen molar-refractivity contribution in [2.75, 3.05) is 11.4 Å². The Kier molecular flexibility index (Phi) is 6.06. The molecule has 0 radical (unpaired) electrons. The molecule has 0 bridgehead atoms. The fourth-order valence-corrected chi connectivity index (χ4v) is 4.20. The van der Waals surface area contributed by atoms with Crippen molar-refractivity contribution in [3.63, 3.8) is 0 Å². The van der Waals surface area contributed by atoms with Crippen molar-refractivity contribution in [1.82, 2.24) is 10.3 Å². The van der Waals surface area contributed by atoms with E-state index in [-0.39, 0.29) is 0 Å². The Labute approximate surface area is 134 Å². The molecule has 1 aliphatic rings. The Balaban J connectivity index is 2.20. The first-order valence-corrected chi connectivity index (χ1v) is 9.30. The standard InChI is InChI=1S/C17H31N3S/c1-12(2)16-15(11-18-13(3)4)21-17(19-16)20-10-8-6-7-9-14(20)5/h12-14,18H,6-11H2,1-5H3. The Morgan fingerprint density at radius 2 is 2.00 bits per heavy atom. The zero-order chi connectivity index (χ0) is 15.4. The van der Waals surface area contributed by atoms with Crippen LogP contribution in [0.15, 0.2) is 0 Å². The predicted molar refractivity (Wildman–Crippen MR) is 93.5 cm³/mol. The molecule has 3 nitrogen and oxygen atoms in total. The highest BCUT2D eigenvalue weighted by atomic mass is 32.1. The van der Waals surface area contributed by atoms with E-state index >= 15 is 0 Å². The fraction of sp³-hybridized carbons (Fsp3) is 0.824. The minimum Gasteiger partial charge on any atom is -0.345 e. The molecule has 1 fully saturated rings. The third-order valence-corrected chi connectivity index (χ3v) is 5.34. The molecule has 1 aromatic heterocycles. The molecule has 1 atom stereocenters. The third kappa shape index (κ3) is 4.43. The Hall–Kier alpha value is -0.610. The number of nitrogens with zero attached hydrogens (tertiary/aromatic N) is 2. The summed E-state index contributed by atoms with van der Waals surface area (Å²) in [6, 6.07) is 1.15. The van der Waals surface area contributed by atoms with Crippen molar-refractivity contribution in [2.45, 2.75) is 84.8 Å². The average Bonchev–Trinajstić information content (AvgIpc) is 2.73. The second kappa shape index (κ2) is 7.59. The molecule has 0 amide bonds. The summed E-state index contributed by atoms with van der Waals surface area (Å²) in [5.41, 5.74) is 1.29. The lowest BCUT2D eigenvalue weighted by Gasteiger charge is -2.26. The van der Waals surface area contributed by atoms with Gasteiger partial charge in [-0.25, -0.2) is 4.98 Å². The topological polar surface area (TPSA) is 28.2 Å². The summed E-state index contributed by atoms with van der Waals surface area (Å²) >= 11 is 1.90. The molecule has 2 rings (SSSR count). The van der Waals surface area contributed by atoms with Gasteiger partial charge in [0.05, 0.1) is 5.69 Å². The van der Waals surface area contributed by atoms with Gasteiger partial charge in [-0.1, -0.05) is 40.5 Å². The van der Waals surface area contributed by atoms with Crippen LogP contribution >= 0.6 is 11.3 Å². The molecule has 1 aliphatic heterocycles. The van der Waals surface area contributed by atoms with Gasteiger partial charge < -0.3 is 10.2 Å². The first-order chi connectivity index (χ1) is 9.99. The lowest BCUT2D eigenvalue weighted by atomic mass is 10.1. The largest absolute Gasteiger partial charge is 0.345 e. The molecule has 1 saturated heterocycles. The van der Waals surface area contributed by atoms with Crippen LogP contribution in [-0.4, -0.2) is 23.6 Å². The SMILES string of the molecule is CC(C)NCc1sc(N2CCCCCC2C)nc1C(C)C. The molecule has 120 valence electrons. The van der Waals surface area contributed by atoms with Gasteiger partial charge in [-0.05, 0) is 25.7 Å². The number of aromatic nitrogens is 1. The number of hydrogen-bond acceptors (Lipinski definition) is 4. The van der Waals surface area contributed by atoms with Gasteiger partial charge in [-0.2, -0.15) is 0 Å². The lowest BCUT2D eigenvalue weighted by molar-refractivity contribution is 0.587. The summed E-state index contributed by atoms with van der Waals surface area (Å²) in [4.78, 5) is 8.97. The van der Waals surface area contributed by atoms with E-state index in [0.717, 1.165) is 6.54 Å². The highest BCUT2D eigenvalue weighted by molar-refractivity contribution is 7.15. The summed E-state index contributed by atoms with van der Waals surface area (Å²) in [5, 5.41) is 4.79. The average molecular weight is 310 g/mol. The summed E-state index contributed by atoms with van der Waals surface area (Å²) in [5.74, 6) is 0.501. The number of hydrogen-bond donors (Lipinski definition) is 1. The predicted octanol–water partition coefficient (Wildman–Crippen LogP) is 4.53. The van der Waals surface area contributed by atoms with Gasteiger partial charge in [-0.15, -0.1) is 11.3 Å². The second-order valence-electron chi connectivity index (χ2n) is 6.89. The van der Waals surface area contributed by atoms with Gasteiger partial charge >= 0.3 is 0 Å². The minimum absolute atomic E-state index is 0.501. The number of nitrogens with one attached hydrogen (secondary N) is 1. The molecule has 4 heteroatoms. The van der Waals surface area contributed by atoms with E-state index in [1.165, 1.54) is 47.9 Å². The van der Waals surface area contributed by atoms with Crippen molar-refractivity contribution in [1.29, 1.82) is 0 Å². The van der Waals surface area contributed by atoms with Crippen LogP contribution in [0.3, 0.4) is 0 Å². The maximum atomic E-state index is 5.01. The molecule has 0 aromatic carbocycles. The van der Waals surface area contributed by atoms with Crippen LogP contribution in [0.2, 0.25) is 0 Å². The van der Waals surface area contributed by atoms with Gasteiger partial charge in [0.1, 0.15) is 0 Å². The Morgan fingerprint density at radius 1 is 1.24 bits per heavy atom. The zero-order valence-corrected chi connectivity index (χ0v) is 15.1. The van der Waals surface area contributed by atoms with Crippen molar-refractivity contribution < 1.29 is 0 Å². The molecular weight excluding hydrogens is 278 g/mol.